The fourth-order valence-electron chi connectivity index (χ4n) is 2.13. The van der Waals surface area contributed by atoms with Gasteiger partial charge in [-0.3, -0.25) is 4.79 Å². The van der Waals surface area contributed by atoms with Gasteiger partial charge in [0.2, 0.25) is 0 Å². The molecule has 0 unspecified atom stereocenters. The van der Waals surface area contributed by atoms with Crippen LogP contribution in [0.15, 0.2) is 29.0 Å². The van der Waals surface area contributed by atoms with Crippen molar-refractivity contribution >= 4 is 28.6 Å². The van der Waals surface area contributed by atoms with Crippen molar-refractivity contribution in [1.29, 1.82) is 0 Å². The third-order valence-electron chi connectivity index (χ3n) is 3.14. The van der Waals surface area contributed by atoms with Crippen LogP contribution >= 0.6 is 22.7 Å². The van der Waals surface area contributed by atoms with E-state index in [2.05, 4.69) is 11.4 Å². The lowest BCUT2D eigenvalue weighted by atomic mass is 10.2. The summed E-state index contributed by atoms with van der Waals surface area (Å²) < 4.78 is 5.49. The molecule has 1 saturated heterocycles. The van der Waals surface area contributed by atoms with Crippen LogP contribution in [-0.2, 0) is 4.74 Å². The Morgan fingerprint density at radius 1 is 1.47 bits per heavy atom. The first-order valence-corrected chi connectivity index (χ1v) is 8.11. The highest BCUT2D eigenvalue weighted by Gasteiger charge is 2.17. The van der Waals surface area contributed by atoms with Gasteiger partial charge >= 0.3 is 0 Å². The van der Waals surface area contributed by atoms with Gasteiger partial charge in [0.1, 0.15) is 0 Å². The lowest BCUT2D eigenvalue weighted by Crippen LogP contribution is -2.31. The van der Waals surface area contributed by atoms with E-state index in [9.17, 15) is 4.79 Å². The summed E-state index contributed by atoms with van der Waals surface area (Å²) in [4.78, 5) is 14.0. The number of rotatable bonds is 4. The quantitative estimate of drug-likeness (QED) is 0.938. The Morgan fingerprint density at radius 2 is 2.42 bits per heavy atom. The Labute approximate surface area is 120 Å². The van der Waals surface area contributed by atoms with E-state index in [1.165, 1.54) is 16.2 Å². The molecule has 3 nitrogen and oxygen atoms in total. The highest BCUT2D eigenvalue weighted by molar-refractivity contribution is 7.15. The summed E-state index contributed by atoms with van der Waals surface area (Å²) in [7, 11) is 0. The molecule has 0 aromatic carbocycles. The van der Waals surface area contributed by atoms with Crippen LogP contribution in [0.1, 0.15) is 22.5 Å². The third kappa shape index (κ3) is 3.05. The zero-order valence-electron chi connectivity index (χ0n) is 10.4. The van der Waals surface area contributed by atoms with Crippen LogP contribution in [0, 0.1) is 0 Å². The van der Waals surface area contributed by atoms with Crippen molar-refractivity contribution in [3.63, 3.8) is 0 Å². The van der Waals surface area contributed by atoms with Gasteiger partial charge < -0.3 is 10.1 Å². The molecule has 0 radical (unpaired) electrons. The van der Waals surface area contributed by atoms with E-state index in [1.807, 2.05) is 22.9 Å². The SMILES string of the molecule is O=C(NC[C@H]1CCCO1)c1cc(-c2cccs2)cs1. The molecule has 1 N–H and O–H groups in total. The molecule has 19 heavy (non-hydrogen) atoms. The van der Waals surface area contributed by atoms with E-state index in [1.54, 1.807) is 11.3 Å². The zero-order chi connectivity index (χ0) is 13.1. The molecule has 0 aliphatic carbocycles. The molecule has 1 amide bonds. The van der Waals surface area contributed by atoms with Crippen LogP contribution in [0.3, 0.4) is 0 Å². The minimum atomic E-state index is 0.00306. The van der Waals surface area contributed by atoms with Gasteiger partial charge in [-0.25, -0.2) is 0 Å². The summed E-state index contributed by atoms with van der Waals surface area (Å²) in [6, 6.07) is 6.05. The van der Waals surface area contributed by atoms with Crippen molar-refractivity contribution in [2.75, 3.05) is 13.2 Å². The zero-order valence-corrected chi connectivity index (χ0v) is 12.1. The standard InChI is InChI=1S/C14H15NO2S2/c16-14(15-8-11-3-1-5-17-11)13-7-10(9-19-13)12-4-2-6-18-12/h2,4,6-7,9,11H,1,3,5,8H2,(H,15,16)/t11-/m1/s1. The van der Waals surface area contributed by atoms with Gasteiger partial charge in [0.05, 0.1) is 11.0 Å². The molecule has 0 bridgehead atoms. The summed E-state index contributed by atoms with van der Waals surface area (Å²) in [5.74, 6) is 0.00306. The monoisotopic (exact) mass is 293 g/mol. The topological polar surface area (TPSA) is 38.3 Å². The summed E-state index contributed by atoms with van der Waals surface area (Å²) in [6.07, 6.45) is 2.34. The molecule has 1 aliphatic rings. The number of ether oxygens (including phenoxy) is 1. The second kappa shape index (κ2) is 5.86. The number of amides is 1. The van der Waals surface area contributed by atoms with Crippen LogP contribution in [0.2, 0.25) is 0 Å². The van der Waals surface area contributed by atoms with E-state index in [4.69, 9.17) is 4.74 Å². The predicted molar refractivity (Wildman–Crippen MR) is 78.9 cm³/mol. The van der Waals surface area contributed by atoms with Gasteiger partial charge in [-0.15, -0.1) is 22.7 Å². The van der Waals surface area contributed by atoms with Gasteiger partial charge in [-0.1, -0.05) is 6.07 Å². The second-order valence-electron chi connectivity index (χ2n) is 4.52. The first-order valence-electron chi connectivity index (χ1n) is 6.35. The average Bonchev–Trinajstić information content (AvgIpc) is 3.14. The molecule has 1 fully saturated rings. The number of carbonyl (C=O) groups is 1. The van der Waals surface area contributed by atoms with Crippen molar-refractivity contribution < 1.29 is 9.53 Å². The highest BCUT2D eigenvalue weighted by Crippen LogP contribution is 2.29. The lowest BCUT2D eigenvalue weighted by Gasteiger charge is -2.09. The van der Waals surface area contributed by atoms with Gasteiger partial charge in [0.25, 0.3) is 5.91 Å². The first-order chi connectivity index (χ1) is 9.33. The maximum atomic E-state index is 12.0. The van der Waals surface area contributed by atoms with Gasteiger partial charge in [0.15, 0.2) is 0 Å². The molecule has 2 aromatic rings. The van der Waals surface area contributed by atoms with E-state index < -0.39 is 0 Å². The van der Waals surface area contributed by atoms with E-state index in [-0.39, 0.29) is 12.0 Å². The largest absolute Gasteiger partial charge is 0.376 e. The van der Waals surface area contributed by atoms with Crippen LogP contribution in [0.4, 0.5) is 0 Å². The fraction of sp³-hybridized carbons (Fsp3) is 0.357. The Hall–Kier alpha value is -1.17. The maximum Gasteiger partial charge on any atom is 0.261 e. The van der Waals surface area contributed by atoms with Gasteiger partial charge in [-0.05, 0) is 30.4 Å². The molecule has 1 atom stereocenters. The Morgan fingerprint density at radius 3 is 3.16 bits per heavy atom. The van der Waals surface area contributed by atoms with Crippen LogP contribution in [0.25, 0.3) is 10.4 Å². The van der Waals surface area contributed by atoms with Crippen LogP contribution in [-0.4, -0.2) is 25.2 Å². The van der Waals surface area contributed by atoms with Gasteiger partial charge in [0, 0.05) is 29.0 Å². The molecule has 5 heteroatoms. The smallest absolute Gasteiger partial charge is 0.261 e. The highest BCUT2D eigenvalue weighted by atomic mass is 32.1. The van der Waals surface area contributed by atoms with E-state index in [0.717, 1.165) is 29.9 Å². The van der Waals surface area contributed by atoms with Crippen LogP contribution < -0.4 is 5.32 Å². The number of carbonyl (C=O) groups excluding carboxylic acids is 1. The minimum absolute atomic E-state index is 0.00306. The predicted octanol–water partition coefficient (Wildman–Crippen LogP) is 3.39. The number of thiophene rings is 2. The van der Waals surface area contributed by atoms with Crippen molar-refractivity contribution in [2.24, 2.45) is 0 Å². The second-order valence-corrected chi connectivity index (χ2v) is 6.38. The third-order valence-corrected chi connectivity index (χ3v) is 4.99. The molecule has 3 heterocycles. The molecule has 0 spiro atoms. The summed E-state index contributed by atoms with van der Waals surface area (Å²) in [5, 5.41) is 7.03. The van der Waals surface area contributed by atoms with Crippen molar-refractivity contribution in [3.05, 3.63) is 33.8 Å². The Bertz CT molecular complexity index is 542. The van der Waals surface area contributed by atoms with E-state index in [0.29, 0.717) is 6.54 Å². The Kier molecular flexibility index (Phi) is 3.96. The molecular formula is C14H15NO2S2. The molecule has 0 saturated carbocycles. The maximum absolute atomic E-state index is 12.0. The number of hydrogen-bond acceptors (Lipinski definition) is 4. The summed E-state index contributed by atoms with van der Waals surface area (Å²) in [6.45, 7) is 1.44. The van der Waals surface area contributed by atoms with E-state index >= 15 is 0 Å². The Balaban J connectivity index is 1.60. The first kappa shape index (κ1) is 12.8. The fourth-order valence-corrected chi connectivity index (χ4v) is 3.74. The lowest BCUT2D eigenvalue weighted by molar-refractivity contribution is 0.0861. The summed E-state index contributed by atoms with van der Waals surface area (Å²) in [5.41, 5.74) is 1.13. The minimum Gasteiger partial charge on any atom is -0.376 e. The van der Waals surface area contributed by atoms with Crippen molar-refractivity contribution in [1.82, 2.24) is 5.32 Å². The molecule has 3 rings (SSSR count). The van der Waals surface area contributed by atoms with Crippen molar-refractivity contribution in [3.8, 4) is 10.4 Å². The molecule has 100 valence electrons. The molecule has 1 aliphatic heterocycles. The average molecular weight is 293 g/mol. The number of nitrogens with one attached hydrogen (secondary N) is 1. The van der Waals surface area contributed by atoms with Gasteiger partial charge in [-0.2, -0.15) is 0 Å². The summed E-state index contributed by atoms with van der Waals surface area (Å²) >= 11 is 3.18. The number of hydrogen-bond donors (Lipinski definition) is 1. The van der Waals surface area contributed by atoms with Crippen LogP contribution in [0.5, 0.6) is 0 Å². The normalized spacial score (nSPS) is 18.6. The molecular weight excluding hydrogens is 278 g/mol. The van der Waals surface area contributed by atoms with Crippen molar-refractivity contribution in [2.45, 2.75) is 18.9 Å². The molecule has 2 aromatic heterocycles.